The highest BCUT2D eigenvalue weighted by Gasteiger charge is 2.41. The van der Waals surface area contributed by atoms with Crippen LogP contribution in [-0.4, -0.2) is 70.2 Å². The SMILES string of the molecule is C=C(/C=C/C1=C(c2ccc(C(=O)NCCOCCNC(=O)OCC3c4ccccc4-c4ccccc43)cc2)C(C/C=C2\N(CCCCS(=O)(=O)O)c3ccc4ccccc4c3C2(C)C)CCC1)C(C)(C)c1c(C)ccc2ccccc12. The highest BCUT2D eigenvalue weighted by Crippen LogP contribution is 2.52. The Morgan fingerprint density at radius 2 is 1.42 bits per heavy atom. The van der Waals surface area contributed by atoms with Gasteiger partial charge in [0.25, 0.3) is 16.0 Å². The number of aryl methyl sites for hydroxylation is 1. The van der Waals surface area contributed by atoms with E-state index in [1.54, 1.807) is 0 Å². The smallest absolute Gasteiger partial charge is 0.407 e. The van der Waals surface area contributed by atoms with E-state index >= 15 is 0 Å². The monoisotopic (exact) mass is 1100 g/mol. The summed E-state index contributed by atoms with van der Waals surface area (Å²) in [4.78, 5) is 28.7. The highest BCUT2D eigenvalue weighted by molar-refractivity contribution is 7.85. The van der Waals surface area contributed by atoms with Gasteiger partial charge in [0.2, 0.25) is 0 Å². The van der Waals surface area contributed by atoms with Gasteiger partial charge in [-0.15, -0.1) is 0 Å². The molecule has 81 heavy (non-hydrogen) atoms. The first-order chi connectivity index (χ1) is 39.0. The van der Waals surface area contributed by atoms with Gasteiger partial charge in [-0.25, -0.2) is 4.79 Å². The number of ether oxygens (including phenoxy) is 2. The number of nitrogens with zero attached hydrogens (tertiary/aromatic N) is 1. The summed E-state index contributed by atoms with van der Waals surface area (Å²) in [7, 11) is -4.07. The molecule has 0 radical (unpaired) electrons. The van der Waals surface area contributed by atoms with E-state index in [9.17, 15) is 22.6 Å². The lowest BCUT2D eigenvalue weighted by Crippen LogP contribution is -2.31. The van der Waals surface area contributed by atoms with Gasteiger partial charge in [-0.1, -0.05) is 180 Å². The van der Waals surface area contributed by atoms with Crippen LogP contribution in [0.3, 0.4) is 0 Å². The number of allylic oxidation sites excluding steroid dienone is 7. The van der Waals surface area contributed by atoms with Crippen LogP contribution in [0.2, 0.25) is 0 Å². The number of amides is 2. The molecule has 0 saturated carbocycles. The number of benzene rings is 7. The molecule has 7 aromatic carbocycles. The lowest BCUT2D eigenvalue weighted by molar-refractivity contribution is 0.0914. The normalized spacial score (nSPS) is 16.5. The predicted octanol–water partition coefficient (Wildman–Crippen LogP) is 15.0. The van der Waals surface area contributed by atoms with Crippen LogP contribution in [0.25, 0.3) is 38.2 Å². The fraction of sp³-hybridized carbons (Fsp3) is 0.314. The average Bonchev–Trinajstić information content (AvgIpc) is 4.05. The maximum Gasteiger partial charge on any atom is 0.407 e. The topological polar surface area (TPSA) is 134 Å². The number of rotatable bonds is 21. The Morgan fingerprint density at radius 3 is 2.12 bits per heavy atom. The molecule has 2 aliphatic carbocycles. The van der Waals surface area contributed by atoms with Crippen LogP contribution < -0.4 is 15.5 Å². The third kappa shape index (κ3) is 12.2. The summed E-state index contributed by atoms with van der Waals surface area (Å²) >= 11 is 0. The first kappa shape index (κ1) is 56.7. The van der Waals surface area contributed by atoms with Crippen molar-refractivity contribution >= 4 is 54.9 Å². The molecular formula is C70H75N3O7S. The van der Waals surface area contributed by atoms with Gasteiger partial charge >= 0.3 is 6.09 Å². The number of hydrogen-bond donors (Lipinski definition) is 3. The van der Waals surface area contributed by atoms with Crippen LogP contribution in [0, 0.1) is 12.8 Å². The molecule has 10 rings (SSSR count). The van der Waals surface area contributed by atoms with Gasteiger partial charge in [-0.2, -0.15) is 8.42 Å². The van der Waals surface area contributed by atoms with Crippen molar-refractivity contribution in [2.45, 2.75) is 89.9 Å². The molecule has 11 heteroatoms. The van der Waals surface area contributed by atoms with Gasteiger partial charge in [0, 0.05) is 53.3 Å². The largest absolute Gasteiger partial charge is 0.449 e. The number of hydrogen-bond acceptors (Lipinski definition) is 7. The van der Waals surface area contributed by atoms with E-state index in [1.165, 1.54) is 66.2 Å². The number of nitrogens with one attached hydrogen (secondary N) is 2. The summed E-state index contributed by atoms with van der Waals surface area (Å²) < 4.78 is 44.6. The van der Waals surface area contributed by atoms with Crippen LogP contribution >= 0.6 is 0 Å². The molecule has 1 atom stereocenters. The van der Waals surface area contributed by atoms with E-state index in [0.717, 1.165) is 53.6 Å². The van der Waals surface area contributed by atoms with Gasteiger partial charge in [-0.3, -0.25) is 9.35 Å². The Hall–Kier alpha value is -7.57. The van der Waals surface area contributed by atoms with E-state index in [0.29, 0.717) is 31.5 Å². The van der Waals surface area contributed by atoms with Crippen molar-refractivity contribution in [2.75, 3.05) is 50.1 Å². The zero-order valence-electron chi connectivity index (χ0n) is 47.4. The Balaban J connectivity index is 0.839. The molecule has 0 saturated heterocycles. The second-order valence-corrected chi connectivity index (χ2v) is 24.5. The maximum absolute atomic E-state index is 13.6. The Morgan fingerprint density at radius 1 is 0.790 bits per heavy atom. The standard InChI is InChI=1S/C70H75N3O7S/c1-47-28-30-49-18-7-9-22-55(49)65(47)69(3,4)48(2)29-31-51-20-17-21-52(37-39-63-70(5,6)66-56-23-10-8-19-50(56)36-38-62(66)73(63)42-15-16-45-81(76,77)78)64(51)53-32-34-54(35-33-53)67(74)71-40-43-79-44-41-72-68(75)80-46-61-59-26-13-11-24-57(59)58-25-12-14-27-60(58)61/h7-14,18-19,22-36,38-39,52,61H,2,15-17,20-21,37,40-46H2,1,3-6H3,(H,71,74)(H,72,75)(H,76,77,78)/b31-29+,63-39-. The molecule has 7 aromatic rings. The van der Waals surface area contributed by atoms with Crippen molar-refractivity contribution in [3.8, 4) is 11.1 Å². The average molecular weight is 1100 g/mol. The van der Waals surface area contributed by atoms with E-state index in [1.807, 2.05) is 36.4 Å². The van der Waals surface area contributed by atoms with Crippen molar-refractivity contribution < 1.29 is 32.0 Å². The third-order valence-electron chi connectivity index (χ3n) is 17.0. The van der Waals surface area contributed by atoms with Crippen molar-refractivity contribution in [1.29, 1.82) is 0 Å². The van der Waals surface area contributed by atoms with Gasteiger partial charge in [0.15, 0.2) is 0 Å². The van der Waals surface area contributed by atoms with Gasteiger partial charge in [-0.05, 0) is 152 Å². The molecule has 0 aromatic heterocycles. The number of carbonyl (C=O) groups is 2. The highest BCUT2D eigenvalue weighted by atomic mass is 32.2. The van der Waals surface area contributed by atoms with Crippen LogP contribution in [-0.2, 0) is 30.4 Å². The van der Waals surface area contributed by atoms with Crippen LogP contribution in [0.15, 0.2) is 187 Å². The first-order valence-electron chi connectivity index (χ1n) is 28.6. The fourth-order valence-electron chi connectivity index (χ4n) is 13.0. The van der Waals surface area contributed by atoms with Gasteiger partial charge in [0.1, 0.15) is 6.61 Å². The minimum atomic E-state index is -4.07. The number of alkyl carbamates (subject to hydrolysis) is 1. The Kier molecular flexibility index (Phi) is 17.0. The number of anilines is 1. The minimum absolute atomic E-state index is 0.0183. The van der Waals surface area contributed by atoms with Crippen molar-refractivity contribution in [1.82, 2.24) is 10.6 Å². The molecule has 10 nitrogen and oxygen atoms in total. The van der Waals surface area contributed by atoms with Crippen LogP contribution in [0.4, 0.5) is 10.5 Å². The van der Waals surface area contributed by atoms with Gasteiger partial charge < -0.3 is 25.0 Å². The fourth-order valence-corrected chi connectivity index (χ4v) is 13.5. The zero-order valence-corrected chi connectivity index (χ0v) is 48.2. The van der Waals surface area contributed by atoms with Crippen LogP contribution in [0.5, 0.6) is 0 Å². The molecule has 2 amide bonds. The van der Waals surface area contributed by atoms with Crippen molar-refractivity contribution in [2.24, 2.45) is 5.92 Å². The number of unbranched alkanes of at least 4 members (excludes halogenated alkanes) is 1. The quantitative estimate of drug-likeness (QED) is 0.0368. The molecule has 418 valence electrons. The second kappa shape index (κ2) is 24.3. The predicted molar refractivity (Wildman–Crippen MR) is 330 cm³/mol. The van der Waals surface area contributed by atoms with E-state index in [-0.39, 0.29) is 60.7 Å². The summed E-state index contributed by atoms with van der Waals surface area (Å²) in [6, 6.07) is 50.3. The lowest BCUT2D eigenvalue weighted by atomic mass is 9.73. The third-order valence-corrected chi connectivity index (χ3v) is 17.8. The molecule has 3 N–H and O–H groups in total. The van der Waals surface area contributed by atoms with E-state index < -0.39 is 16.2 Å². The minimum Gasteiger partial charge on any atom is -0.449 e. The molecule has 1 aliphatic heterocycles. The Bertz CT molecular complexity index is 3680. The summed E-state index contributed by atoms with van der Waals surface area (Å²) in [5.41, 5.74) is 15.2. The second-order valence-electron chi connectivity index (χ2n) is 23.0. The summed E-state index contributed by atoms with van der Waals surface area (Å²) in [6.45, 7) is 18.0. The number of carbonyl (C=O) groups excluding carboxylic acids is 2. The van der Waals surface area contributed by atoms with Crippen molar-refractivity contribution in [3.63, 3.8) is 0 Å². The molecule has 0 bridgehead atoms. The van der Waals surface area contributed by atoms with Crippen molar-refractivity contribution in [3.05, 3.63) is 226 Å². The van der Waals surface area contributed by atoms with E-state index in [2.05, 4.69) is 178 Å². The lowest BCUT2D eigenvalue weighted by Gasteiger charge is -2.31. The maximum atomic E-state index is 13.6. The molecule has 0 fully saturated rings. The zero-order chi connectivity index (χ0) is 56.9. The molecular weight excluding hydrogens is 1030 g/mol. The Labute approximate surface area is 478 Å². The van der Waals surface area contributed by atoms with E-state index in [4.69, 9.17) is 16.1 Å². The summed E-state index contributed by atoms with van der Waals surface area (Å²) in [5.74, 6) is -0.334. The molecule has 3 aliphatic rings. The summed E-state index contributed by atoms with van der Waals surface area (Å²) in [6.07, 6.45) is 11.0. The summed E-state index contributed by atoms with van der Waals surface area (Å²) in [5, 5.41) is 10.6. The molecule has 1 unspecified atom stereocenters. The molecule has 1 heterocycles. The van der Waals surface area contributed by atoms with Crippen LogP contribution in [0.1, 0.15) is 116 Å². The van der Waals surface area contributed by atoms with Gasteiger partial charge in [0.05, 0.1) is 19.0 Å². The molecule has 0 spiro atoms. The number of fused-ring (bicyclic) bond motifs is 7. The first-order valence-corrected chi connectivity index (χ1v) is 30.2.